The highest BCUT2D eigenvalue weighted by atomic mass is 16.3. The summed E-state index contributed by atoms with van der Waals surface area (Å²) < 4.78 is 0. The molecule has 0 radical (unpaired) electrons. The zero-order valence-electron chi connectivity index (χ0n) is 10.6. The number of pyridine rings is 1. The van der Waals surface area contributed by atoms with Gasteiger partial charge in [0.05, 0.1) is 18.3 Å². The van der Waals surface area contributed by atoms with Crippen molar-refractivity contribution in [3.63, 3.8) is 0 Å². The van der Waals surface area contributed by atoms with E-state index in [-0.39, 0.29) is 5.54 Å². The Bertz CT molecular complexity index is 435. The summed E-state index contributed by atoms with van der Waals surface area (Å²) in [6.07, 6.45) is 3.02. The highest BCUT2D eigenvalue weighted by Crippen LogP contribution is 2.22. The van der Waals surface area contributed by atoms with Gasteiger partial charge in [0.1, 0.15) is 0 Å². The Morgan fingerprint density at radius 3 is 2.94 bits per heavy atom. The van der Waals surface area contributed by atoms with E-state index >= 15 is 0 Å². The molecule has 0 amide bonds. The molecule has 0 saturated heterocycles. The number of hydrogen-bond donors (Lipinski definition) is 2. The molecule has 0 bridgehead atoms. The maximum Gasteiger partial charge on any atom is 0.0922 e. The molecule has 4 heteroatoms. The molecule has 17 heavy (non-hydrogen) atoms. The highest BCUT2D eigenvalue weighted by molar-refractivity contribution is 5.85. The van der Waals surface area contributed by atoms with E-state index in [1.54, 1.807) is 12.4 Å². The number of nitrogens with zero attached hydrogens (tertiary/aromatic N) is 2. The van der Waals surface area contributed by atoms with Gasteiger partial charge in [0, 0.05) is 30.1 Å². The van der Waals surface area contributed by atoms with Gasteiger partial charge in [-0.3, -0.25) is 9.98 Å². The van der Waals surface area contributed by atoms with Gasteiger partial charge in [-0.2, -0.15) is 0 Å². The summed E-state index contributed by atoms with van der Waals surface area (Å²) in [4.78, 5) is 8.44. The largest absolute Gasteiger partial charge is 0.387 e. The van der Waals surface area contributed by atoms with Gasteiger partial charge in [-0.1, -0.05) is 0 Å². The first-order chi connectivity index (χ1) is 7.97. The highest BCUT2D eigenvalue weighted by Gasteiger charge is 2.19. The minimum atomic E-state index is -0.518. The summed E-state index contributed by atoms with van der Waals surface area (Å²) in [5.41, 5.74) is 2.85. The molecule has 1 atom stereocenters. The van der Waals surface area contributed by atoms with Crippen LogP contribution >= 0.6 is 0 Å². The molecule has 1 aromatic rings. The Hall–Kier alpha value is -1.26. The first-order valence-electron chi connectivity index (χ1n) is 5.88. The first kappa shape index (κ1) is 12.2. The van der Waals surface area contributed by atoms with E-state index in [1.807, 2.05) is 6.07 Å². The molecule has 1 aliphatic heterocycles. The summed E-state index contributed by atoms with van der Waals surface area (Å²) in [7, 11) is 0. The predicted octanol–water partition coefficient (Wildman–Crippen LogP) is 1.44. The fourth-order valence-electron chi connectivity index (χ4n) is 1.84. The van der Waals surface area contributed by atoms with Gasteiger partial charge < -0.3 is 10.4 Å². The number of fused-ring (bicyclic) bond motifs is 1. The quantitative estimate of drug-likeness (QED) is 0.830. The molecule has 0 fully saturated rings. The van der Waals surface area contributed by atoms with E-state index in [4.69, 9.17) is 0 Å². The van der Waals surface area contributed by atoms with Crippen LogP contribution in [0.3, 0.4) is 0 Å². The number of rotatable bonds is 3. The lowest BCUT2D eigenvalue weighted by Gasteiger charge is -2.23. The number of hydrogen-bond acceptors (Lipinski definition) is 4. The summed E-state index contributed by atoms with van der Waals surface area (Å²) in [5.74, 6) is 0. The van der Waals surface area contributed by atoms with Gasteiger partial charge in [-0.25, -0.2) is 0 Å². The maximum atomic E-state index is 10.2. The Balaban J connectivity index is 2.12. The SMILES string of the molecule is CC(C)(C)NC[C@H](O)c1ccnc2c1C=NC2. The van der Waals surface area contributed by atoms with Crippen LogP contribution in [0, 0.1) is 0 Å². The molecule has 1 aromatic heterocycles. The number of aliphatic imine (C=N–C) groups is 1. The number of nitrogens with one attached hydrogen (secondary N) is 1. The third kappa shape index (κ3) is 2.90. The van der Waals surface area contributed by atoms with Crippen LogP contribution in [0.1, 0.15) is 43.7 Å². The van der Waals surface area contributed by atoms with Crippen molar-refractivity contribution in [3.8, 4) is 0 Å². The molecule has 2 N–H and O–H groups in total. The van der Waals surface area contributed by atoms with Crippen molar-refractivity contribution in [3.05, 3.63) is 29.1 Å². The first-order valence-corrected chi connectivity index (χ1v) is 5.88. The average molecular weight is 233 g/mol. The monoisotopic (exact) mass is 233 g/mol. The minimum absolute atomic E-state index is 0.00523. The Kier molecular flexibility index (Phi) is 3.26. The summed E-state index contributed by atoms with van der Waals surface area (Å²) in [6, 6.07) is 1.87. The van der Waals surface area contributed by atoms with Gasteiger partial charge in [0.2, 0.25) is 0 Å². The molecule has 0 unspecified atom stereocenters. The number of aliphatic hydroxyl groups is 1. The summed E-state index contributed by atoms with van der Waals surface area (Å²) in [5, 5.41) is 13.5. The Morgan fingerprint density at radius 2 is 2.24 bits per heavy atom. The van der Waals surface area contributed by atoms with Crippen LogP contribution in [-0.2, 0) is 6.54 Å². The van der Waals surface area contributed by atoms with Gasteiger partial charge >= 0.3 is 0 Å². The number of aliphatic hydroxyl groups excluding tert-OH is 1. The molecule has 2 heterocycles. The molecular weight excluding hydrogens is 214 g/mol. The number of β-amino-alcohol motifs (C(OH)–C–C–N with tert-alkyl or cyclic N) is 1. The number of aromatic nitrogens is 1. The van der Waals surface area contributed by atoms with E-state index in [9.17, 15) is 5.11 Å². The molecule has 0 saturated carbocycles. The summed E-state index contributed by atoms with van der Waals surface area (Å²) in [6.45, 7) is 7.41. The van der Waals surface area contributed by atoms with Gasteiger partial charge in [0.25, 0.3) is 0 Å². The van der Waals surface area contributed by atoms with Crippen molar-refractivity contribution in [1.29, 1.82) is 0 Å². The van der Waals surface area contributed by atoms with E-state index in [1.165, 1.54) is 0 Å². The second-order valence-corrected chi connectivity index (χ2v) is 5.38. The lowest BCUT2D eigenvalue weighted by molar-refractivity contribution is 0.163. The molecule has 1 aliphatic rings. The normalized spacial score (nSPS) is 16.0. The zero-order chi connectivity index (χ0) is 12.5. The minimum Gasteiger partial charge on any atom is -0.387 e. The van der Waals surface area contributed by atoms with Gasteiger partial charge in [0.15, 0.2) is 0 Å². The molecule has 0 spiro atoms. The second kappa shape index (κ2) is 4.55. The van der Waals surface area contributed by atoms with E-state index in [2.05, 4.69) is 36.1 Å². The van der Waals surface area contributed by atoms with Crippen LogP contribution in [0.15, 0.2) is 17.3 Å². The third-order valence-corrected chi connectivity index (χ3v) is 2.75. The lowest BCUT2D eigenvalue weighted by atomic mass is 10.0. The van der Waals surface area contributed by atoms with Crippen LogP contribution in [-0.4, -0.2) is 28.4 Å². The Labute approximate surface area is 102 Å². The predicted molar refractivity (Wildman–Crippen MR) is 68.3 cm³/mol. The summed E-state index contributed by atoms with van der Waals surface area (Å²) >= 11 is 0. The van der Waals surface area contributed by atoms with Gasteiger partial charge in [-0.15, -0.1) is 0 Å². The molecule has 4 nitrogen and oxygen atoms in total. The van der Waals surface area contributed by atoms with Crippen LogP contribution in [0.25, 0.3) is 0 Å². The standard InChI is InChI=1S/C13H19N3O/c1-13(2,3)16-8-12(17)9-4-5-15-11-7-14-6-10(9)11/h4-6,12,16-17H,7-8H2,1-3H3/t12-/m0/s1. The van der Waals surface area contributed by atoms with Crippen molar-refractivity contribution in [1.82, 2.24) is 10.3 Å². The fourth-order valence-corrected chi connectivity index (χ4v) is 1.84. The molecule has 0 aliphatic carbocycles. The second-order valence-electron chi connectivity index (χ2n) is 5.38. The smallest absolute Gasteiger partial charge is 0.0922 e. The molecule has 2 rings (SSSR count). The fraction of sp³-hybridized carbons (Fsp3) is 0.538. The van der Waals surface area contributed by atoms with Crippen LogP contribution in [0.2, 0.25) is 0 Å². The van der Waals surface area contributed by atoms with Crippen LogP contribution in [0.4, 0.5) is 0 Å². The Morgan fingerprint density at radius 1 is 1.47 bits per heavy atom. The molecule has 0 aromatic carbocycles. The maximum absolute atomic E-state index is 10.2. The van der Waals surface area contributed by atoms with Crippen molar-refractivity contribution in [2.24, 2.45) is 4.99 Å². The van der Waals surface area contributed by atoms with E-state index in [0.717, 1.165) is 16.8 Å². The molecular formula is C13H19N3O. The van der Waals surface area contributed by atoms with E-state index < -0.39 is 6.10 Å². The topological polar surface area (TPSA) is 57.5 Å². The molecule has 92 valence electrons. The van der Waals surface area contributed by atoms with Crippen molar-refractivity contribution in [2.75, 3.05) is 6.54 Å². The van der Waals surface area contributed by atoms with Crippen LogP contribution in [0.5, 0.6) is 0 Å². The van der Waals surface area contributed by atoms with Crippen molar-refractivity contribution < 1.29 is 5.11 Å². The van der Waals surface area contributed by atoms with Crippen molar-refractivity contribution in [2.45, 2.75) is 39.0 Å². The third-order valence-electron chi connectivity index (χ3n) is 2.75. The zero-order valence-corrected chi connectivity index (χ0v) is 10.6. The van der Waals surface area contributed by atoms with Crippen molar-refractivity contribution >= 4 is 6.21 Å². The average Bonchev–Trinajstić information content (AvgIpc) is 2.72. The van der Waals surface area contributed by atoms with Crippen LogP contribution < -0.4 is 5.32 Å². The lowest BCUT2D eigenvalue weighted by Crippen LogP contribution is -2.38. The van der Waals surface area contributed by atoms with E-state index in [0.29, 0.717) is 13.1 Å². The van der Waals surface area contributed by atoms with Gasteiger partial charge in [-0.05, 0) is 32.4 Å².